The van der Waals surface area contributed by atoms with Gasteiger partial charge in [0.25, 0.3) is 0 Å². The van der Waals surface area contributed by atoms with Gasteiger partial charge in [-0.1, -0.05) is 13.0 Å². The number of halogens is 2. The van der Waals surface area contributed by atoms with Gasteiger partial charge >= 0.3 is 11.9 Å². The Morgan fingerprint density at radius 3 is 2.21 bits per heavy atom. The summed E-state index contributed by atoms with van der Waals surface area (Å²) in [6, 6.07) is 3.43. The normalized spacial score (nSPS) is 12.5. The Labute approximate surface area is 139 Å². The first-order valence-corrected chi connectivity index (χ1v) is 7.77. The number of ether oxygens (including phenoxy) is 2. The van der Waals surface area contributed by atoms with E-state index < -0.39 is 37.1 Å². The number of alkyl halides is 2. The maximum absolute atomic E-state index is 12.1. The van der Waals surface area contributed by atoms with Crippen LogP contribution in [0.25, 0.3) is 6.08 Å². The van der Waals surface area contributed by atoms with E-state index in [2.05, 4.69) is 0 Å². The SMILES string of the molecule is C[C@H](/C=C/c1ccco1)C(C(=O)OCCCF)C(=O)OCCCF. The summed E-state index contributed by atoms with van der Waals surface area (Å²) in [4.78, 5) is 24.2. The highest BCUT2D eigenvalue weighted by Gasteiger charge is 2.34. The third kappa shape index (κ3) is 6.93. The third-order valence-corrected chi connectivity index (χ3v) is 3.19. The summed E-state index contributed by atoms with van der Waals surface area (Å²) in [6.45, 7) is 0.188. The first-order valence-electron chi connectivity index (χ1n) is 7.77. The van der Waals surface area contributed by atoms with Gasteiger partial charge in [-0.05, 0) is 24.1 Å². The summed E-state index contributed by atoms with van der Waals surface area (Å²) >= 11 is 0. The van der Waals surface area contributed by atoms with Gasteiger partial charge in [-0.15, -0.1) is 0 Å². The van der Waals surface area contributed by atoms with Gasteiger partial charge in [0.15, 0.2) is 5.92 Å². The number of allylic oxidation sites excluding steroid dienone is 1. The molecule has 0 bridgehead atoms. The Morgan fingerprint density at radius 2 is 1.75 bits per heavy atom. The lowest BCUT2D eigenvalue weighted by Crippen LogP contribution is -2.33. The molecule has 1 heterocycles. The monoisotopic (exact) mass is 344 g/mol. The first-order chi connectivity index (χ1) is 11.6. The fraction of sp³-hybridized carbons (Fsp3) is 0.529. The van der Waals surface area contributed by atoms with Gasteiger partial charge < -0.3 is 13.9 Å². The number of carbonyl (C=O) groups excluding carboxylic acids is 2. The molecule has 0 aliphatic carbocycles. The van der Waals surface area contributed by atoms with Crippen molar-refractivity contribution in [2.75, 3.05) is 26.6 Å². The van der Waals surface area contributed by atoms with Crippen LogP contribution >= 0.6 is 0 Å². The van der Waals surface area contributed by atoms with Crippen LogP contribution < -0.4 is 0 Å². The molecule has 0 aliphatic rings. The highest BCUT2D eigenvalue weighted by atomic mass is 19.1. The van der Waals surface area contributed by atoms with Crippen molar-refractivity contribution in [2.24, 2.45) is 11.8 Å². The molecule has 0 aliphatic heterocycles. The summed E-state index contributed by atoms with van der Waals surface area (Å²) in [7, 11) is 0. The fourth-order valence-electron chi connectivity index (χ4n) is 1.90. The van der Waals surface area contributed by atoms with Crippen LogP contribution in [0.15, 0.2) is 28.9 Å². The van der Waals surface area contributed by atoms with Crippen molar-refractivity contribution in [1.82, 2.24) is 0 Å². The van der Waals surface area contributed by atoms with Gasteiger partial charge in [0.1, 0.15) is 5.76 Å². The number of furan rings is 1. The maximum atomic E-state index is 12.1. The second kappa shape index (κ2) is 11.4. The summed E-state index contributed by atoms with van der Waals surface area (Å²) < 4.78 is 39.2. The Morgan fingerprint density at radius 1 is 1.17 bits per heavy atom. The van der Waals surface area contributed by atoms with Crippen molar-refractivity contribution in [1.29, 1.82) is 0 Å². The number of hydrogen-bond donors (Lipinski definition) is 0. The molecule has 0 aromatic carbocycles. The molecule has 1 aromatic rings. The molecule has 0 saturated heterocycles. The molecule has 0 fully saturated rings. The van der Waals surface area contributed by atoms with E-state index in [1.54, 1.807) is 31.2 Å². The van der Waals surface area contributed by atoms with Gasteiger partial charge in [-0.3, -0.25) is 18.4 Å². The van der Waals surface area contributed by atoms with Gasteiger partial charge in [0, 0.05) is 12.8 Å². The van der Waals surface area contributed by atoms with Gasteiger partial charge in [-0.25, -0.2) is 0 Å². The molecule has 1 rings (SSSR count). The molecule has 1 atom stereocenters. The second-order valence-electron chi connectivity index (χ2n) is 5.13. The maximum Gasteiger partial charge on any atom is 0.320 e. The molecule has 1 aromatic heterocycles. The van der Waals surface area contributed by atoms with Gasteiger partial charge in [0.05, 0.1) is 32.8 Å². The van der Waals surface area contributed by atoms with E-state index in [9.17, 15) is 18.4 Å². The Kier molecular flexibility index (Phi) is 9.41. The lowest BCUT2D eigenvalue weighted by atomic mass is 9.93. The van der Waals surface area contributed by atoms with Crippen molar-refractivity contribution in [2.45, 2.75) is 19.8 Å². The van der Waals surface area contributed by atoms with Crippen LogP contribution in [0.1, 0.15) is 25.5 Å². The molecule has 0 spiro atoms. The average molecular weight is 344 g/mol. The minimum atomic E-state index is -1.20. The quantitative estimate of drug-likeness (QED) is 0.350. The molecule has 24 heavy (non-hydrogen) atoms. The van der Waals surface area contributed by atoms with Crippen LogP contribution in [-0.4, -0.2) is 38.5 Å². The van der Waals surface area contributed by atoms with E-state index in [0.717, 1.165) is 0 Å². The largest absolute Gasteiger partial charge is 0.465 e. The zero-order chi connectivity index (χ0) is 17.8. The summed E-state index contributed by atoms with van der Waals surface area (Å²) in [5, 5.41) is 0. The minimum Gasteiger partial charge on any atom is -0.465 e. The molecule has 134 valence electrons. The summed E-state index contributed by atoms with van der Waals surface area (Å²) in [5.74, 6) is -2.74. The number of hydrogen-bond acceptors (Lipinski definition) is 5. The molecule has 7 heteroatoms. The van der Waals surface area contributed by atoms with Crippen molar-refractivity contribution < 1.29 is 32.3 Å². The number of rotatable bonds is 11. The van der Waals surface area contributed by atoms with Crippen molar-refractivity contribution in [3.63, 3.8) is 0 Å². The minimum absolute atomic E-state index is 0.0615. The van der Waals surface area contributed by atoms with E-state index in [1.807, 2.05) is 0 Å². The van der Waals surface area contributed by atoms with Gasteiger partial charge in [0.2, 0.25) is 0 Å². The topological polar surface area (TPSA) is 65.7 Å². The van der Waals surface area contributed by atoms with E-state index in [4.69, 9.17) is 13.9 Å². The molecule has 0 unspecified atom stereocenters. The van der Waals surface area contributed by atoms with E-state index in [0.29, 0.717) is 5.76 Å². The van der Waals surface area contributed by atoms with Crippen molar-refractivity contribution >= 4 is 18.0 Å². The predicted octanol–water partition coefficient (Wildman–Crippen LogP) is 3.35. The lowest BCUT2D eigenvalue weighted by molar-refractivity contribution is -0.164. The summed E-state index contributed by atoms with van der Waals surface area (Å²) in [5.41, 5.74) is 0. The molecular weight excluding hydrogens is 322 g/mol. The van der Waals surface area contributed by atoms with Gasteiger partial charge in [-0.2, -0.15) is 0 Å². The molecule has 5 nitrogen and oxygen atoms in total. The number of carbonyl (C=O) groups is 2. The van der Waals surface area contributed by atoms with E-state index in [-0.39, 0.29) is 26.1 Å². The molecule has 0 radical (unpaired) electrons. The van der Waals surface area contributed by atoms with Crippen LogP contribution in [0.3, 0.4) is 0 Å². The standard InChI is InChI=1S/C17H22F2O5/c1-13(6-7-14-5-2-10-22-14)15(16(20)23-11-3-8-18)17(21)24-12-4-9-19/h2,5-7,10,13,15H,3-4,8-9,11-12H2,1H3/b7-6+/t13-/m1/s1. The van der Waals surface area contributed by atoms with Crippen molar-refractivity contribution in [3.8, 4) is 0 Å². The average Bonchev–Trinajstić information content (AvgIpc) is 3.07. The molecular formula is C17H22F2O5. The smallest absolute Gasteiger partial charge is 0.320 e. The van der Waals surface area contributed by atoms with Crippen LogP contribution in [0.2, 0.25) is 0 Å². The Bertz CT molecular complexity index is 491. The van der Waals surface area contributed by atoms with Crippen LogP contribution in [0, 0.1) is 11.8 Å². The second-order valence-corrected chi connectivity index (χ2v) is 5.13. The molecule has 0 amide bonds. The highest BCUT2D eigenvalue weighted by Crippen LogP contribution is 2.19. The fourth-order valence-corrected chi connectivity index (χ4v) is 1.90. The molecule has 0 N–H and O–H groups in total. The van der Waals surface area contributed by atoms with E-state index >= 15 is 0 Å². The highest BCUT2D eigenvalue weighted by molar-refractivity contribution is 5.95. The zero-order valence-electron chi connectivity index (χ0n) is 13.6. The number of esters is 2. The van der Waals surface area contributed by atoms with Crippen molar-refractivity contribution in [3.05, 3.63) is 30.2 Å². The molecule has 0 saturated carbocycles. The van der Waals surface area contributed by atoms with Crippen LogP contribution in [0.4, 0.5) is 8.78 Å². The first kappa shape index (κ1) is 19.9. The Hall–Kier alpha value is -2.18. The lowest BCUT2D eigenvalue weighted by Gasteiger charge is -2.18. The Balaban J connectivity index is 2.73. The summed E-state index contributed by atoms with van der Waals surface area (Å²) in [6.07, 6.45) is 4.87. The van der Waals surface area contributed by atoms with Crippen LogP contribution in [-0.2, 0) is 19.1 Å². The van der Waals surface area contributed by atoms with Crippen LogP contribution in [0.5, 0.6) is 0 Å². The van der Waals surface area contributed by atoms with E-state index in [1.165, 1.54) is 6.26 Å². The predicted molar refractivity (Wildman–Crippen MR) is 83.5 cm³/mol. The third-order valence-electron chi connectivity index (χ3n) is 3.19. The zero-order valence-corrected chi connectivity index (χ0v) is 13.6.